The normalized spacial score (nSPS) is 20.2. The summed E-state index contributed by atoms with van der Waals surface area (Å²) in [6.07, 6.45) is 15.7. The Hall–Kier alpha value is -1.16. The van der Waals surface area contributed by atoms with Crippen LogP contribution in [-0.4, -0.2) is 29.7 Å². The second-order valence-electron chi connectivity index (χ2n) is 7.16. The van der Waals surface area contributed by atoms with Crippen molar-refractivity contribution in [3.8, 4) is 0 Å². The van der Waals surface area contributed by atoms with Crippen molar-refractivity contribution in [3.05, 3.63) is 34.8 Å². The van der Waals surface area contributed by atoms with Gasteiger partial charge in [-0.1, -0.05) is 57.6 Å². The van der Waals surface area contributed by atoms with Crippen LogP contribution in [0.15, 0.2) is 34.8 Å². The molecule has 2 aliphatic rings. The molecular formula is C21H33NO2S. The zero-order chi connectivity index (χ0) is 18.2. The first-order valence-electron chi connectivity index (χ1n) is 9.75. The van der Waals surface area contributed by atoms with E-state index in [1.807, 2.05) is 0 Å². The molecule has 0 spiro atoms. The number of fused-ring (bicyclic) bond motifs is 1. The Labute approximate surface area is 158 Å². The van der Waals surface area contributed by atoms with Crippen LogP contribution in [0.1, 0.15) is 71.6 Å². The first kappa shape index (κ1) is 20.2. The molecule has 25 heavy (non-hydrogen) atoms. The molecule has 1 unspecified atom stereocenters. The molecule has 3 nitrogen and oxygen atoms in total. The molecule has 1 heterocycles. The van der Waals surface area contributed by atoms with E-state index < -0.39 is 0 Å². The Kier molecular flexibility index (Phi) is 8.14. The summed E-state index contributed by atoms with van der Waals surface area (Å²) in [4.78, 5) is 13.7. The third-order valence-electron chi connectivity index (χ3n) is 5.25. The van der Waals surface area contributed by atoms with E-state index >= 15 is 0 Å². The van der Waals surface area contributed by atoms with E-state index in [1.54, 1.807) is 0 Å². The molecule has 0 saturated carbocycles. The first-order valence-corrected chi connectivity index (χ1v) is 10.2. The fourth-order valence-corrected chi connectivity index (χ4v) is 3.95. The van der Waals surface area contributed by atoms with Crippen molar-refractivity contribution in [1.82, 2.24) is 4.90 Å². The van der Waals surface area contributed by atoms with E-state index in [-0.39, 0.29) is 11.7 Å². The molecule has 0 fully saturated rings. The highest BCUT2D eigenvalue weighted by molar-refractivity contribution is 7.96. The van der Waals surface area contributed by atoms with Crippen LogP contribution < -0.4 is 0 Å². The van der Waals surface area contributed by atoms with Gasteiger partial charge in [0, 0.05) is 18.3 Å². The number of nitrogens with zero attached hydrogens (tertiary/aromatic N) is 1. The predicted molar refractivity (Wildman–Crippen MR) is 108 cm³/mol. The minimum absolute atomic E-state index is 0.0356. The second kappa shape index (κ2) is 10.1. The summed E-state index contributed by atoms with van der Waals surface area (Å²) < 4.78 is 5.88. The van der Waals surface area contributed by atoms with Crippen molar-refractivity contribution < 1.29 is 9.53 Å². The number of allylic oxidation sites excluding steroid dienone is 2. The Morgan fingerprint density at radius 3 is 2.60 bits per heavy atom. The maximum Gasteiger partial charge on any atom is 0.223 e. The van der Waals surface area contributed by atoms with Crippen LogP contribution >= 0.6 is 12.6 Å². The van der Waals surface area contributed by atoms with Crippen molar-refractivity contribution in [3.63, 3.8) is 0 Å². The van der Waals surface area contributed by atoms with Gasteiger partial charge in [-0.15, -0.1) is 12.6 Å². The zero-order valence-corrected chi connectivity index (χ0v) is 16.9. The minimum atomic E-state index is -0.228. The summed E-state index contributed by atoms with van der Waals surface area (Å²) in [7, 11) is 2.19. The quantitative estimate of drug-likeness (QED) is 0.416. The average Bonchev–Trinajstić information content (AvgIpc) is 2.60. The number of hydrogen-bond donors (Lipinski definition) is 1. The molecular weight excluding hydrogens is 330 g/mol. The largest absolute Gasteiger partial charge is 0.484 e. The van der Waals surface area contributed by atoms with E-state index in [9.17, 15) is 4.79 Å². The highest BCUT2D eigenvalue weighted by Crippen LogP contribution is 2.39. The molecule has 0 N–H and O–H groups in total. The summed E-state index contributed by atoms with van der Waals surface area (Å²) in [5, 5.41) is -0.228. The lowest BCUT2D eigenvalue weighted by Crippen LogP contribution is -2.38. The number of unbranched alkanes of at least 4 members (excludes halogenated alkanes) is 5. The van der Waals surface area contributed by atoms with Crippen LogP contribution in [0.3, 0.4) is 0 Å². The number of thiol groups is 1. The van der Waals surface area contributed by atoms with Crippen molar-refractivity contribution in [2.75, 3.05) is 13.7 Å². The third kappa shape index (κ3) is 5.40. The van der Waals surface area contributed by atoms with Crippen molar-refractivity contribution in [2.24, 2.45) is 0 Å². The standard InChI is InChI=1S/C21H33NO2S/c1-4-5-6-7-8-9-13-18-16(2)21(24-15-20(23)25)17-12-10-11-14-19(17)22(18)3/h12,14,18H,4-11,13,15H2,1-3H3,(H,23,25). The van der Waals surface area contributed by atoms with Crippen LogP contribution in [0.2, 0.25) is 0 Å². The van der Waals surface area contributed by atoms with E-state index in [1.165, 1.54) is 49.8 Å². The van der Waals surface area contributed by atoms with Gasteiger partial charge in [0.05, 0.1) is 6.04 Å². The van der Waals surface area contributed by atoms with Crippen LogP contribution in [0.25, 0.3) is 0 Å². The number of hydrogen-bond acceptors (Lipinski definition) is 3. The molecule has 4 heteroatoms. The number of rotatable bonds is 10. The van der Waals surface area contributed by atoms with Crippen LogP contribution in [0.5, 0.6) is 0 Å². The van der Waals surface area contributed by atoms with Gasteiger partial charge in [-0.25, -0.2) is 0 Å². The molecule has 1 aliphatic heterocycles. The van der Waals surface area contributed by atoms with E-state index in [0.29, 0.717) is 6.04 Å². The zero-order valence-electron chi connectivity index (χ0n) is 16.0. The monoisotopic (exact) mass is 363 g/mol. The van der Waals surface area contributed by atoms with Gasteiger partial charge < -0.3 is 9.64 Å². The van der Waals surface area contributed by atoms with Gasteiger partial charge in [-0.2, -0.15) is 0 Å². The summed E-state index contributed by atoms with van der Waals surface area (Å²) >= 11 is 3.85. The molecule has 2 rings (SSSR count). The van der Waals surface area contributed by atoms with Crippen molar-refractivity contribution >= 4 is 17.7 Å². The number of carbonyl (C=O) groups excluding carboxylic acids is 1. The molecule has 0 aromatic heterocycles. The Morgan fingerprint density at radius 2 is 1.88 bits per heavy atom. The number of likely N-dealkylation sites (N-methyl/N-ethyl adjacent to an activating group) is 1. The Balaban J connectivity index is 2.08. The van der Waals surface area contributed by atoms with Crippen molar-refractivity contribution in [2.45, 2.75) is 77.7 Å². The fourth-order valence-electron chi connectivity index (χ4n) is 3.88. The lowest BCUT2D eigenvalue weighted by atomic mass is 9.87. The molecule has 0 bridgehead atoms. The van der Waals surface area contributed by atoms with E-state index in [0.717, 1.165) is 30.6 Å². The maximum absolute atomic E-state index is 11.3. The molecule has 0 aromatic carbocycles. The molecule has 1 atom stereocenters. The van der Waals surface area contributed by atoms with Gasteiger partial charge in [-0.3, -0.25) is 4.79 Å². The summed E-state index contributed by atoms with van der Waals surface area (Å²) in [5.74, 6) is 0.905. The highest BCUT2D eigenvalue weighted by Gasteiger charge is 2.32. The number of ether oxygens (including phenoxy) is 1. The summed E-state index contributed by atoms with van der Waals surface area (Å²) in [6, 6.07) is 0.359. The van der Waals surface area contributed by atoms with Crippen molar-refractivity contribution in [1.29, 1.82) is 0 Å². The molecule has 0 saturated heterocycles. The molecule has 0 aromatic rings. The molecule has 0 amide bonds. The van der Waals surface area contributed by atoms with Gasteiger partial charge in [-0.05, 0) is 31.8 Å². The third-order valence-corrected chi connectivity index (χ3v) is 5.38. The molecule has 140 valence electrons. The van der Waals surface area contributed by atoms with Gasteiger partial charge in [0.2, 0.25) is 5.12 Å². The summed E-state index contributed by atoms with van der Waals surface area (Å²) in [6.45, 7) is 4.45. The number of carbonyl (C=O) groups is 1. The first-order chi connectivity index (χ1) is 12.1. The smallest absolute Gasteiger partial charge is 0.223 e. The van der Waals surface area contributed by atoms with Gasteiger partial charge in [0.25, 0.3) is 0 Å². The van der Waals surface area contributed by atoms with Gasteiger partial charge in [0.1, 0.15) is 5.76 Å². The SMILES string of the molecule is CCCCCCCCC1C(C)=C(OCC(=O)S)C2=CCCC=C2N1C. The Morgan fingerprint density at radius 1 is 1.20 bits per heavy atom. The van der Waals surface area contributed by atoms with Crippen LogP contribution in [0.4, 0.5) is 0 Å². The lowest BCUT2D eigenvalue weighted by molar-refractivity contribution is -0.113. The topological polar surface area (TPSA) is 29.5 Å². The molecule has 0 radical (unpaired) electrons. The molecule has 1 aliphatic carbocycles. The Bertz CT molecular complexity index is 562. The highest BCUT2D eigenvalue weighted by atomic mass is 32.1. The van der Waals surface area contributed by atoms with Gasteiger partial charge >= 0.3 is 0 Å². The summed E-state index contributed by atoms with van der Waals surface area (Å²) in [5.41, 5.74) is 3.66. The van der Waals surface area contributed by atoms with E-state index in [2.05, 4.69) is 50.6 Å². The lowest BCUT2D eigenvalue weighted by Gasteiger charge is -2.41. The fraction of sp³-hybridized carbons (Fsp3) is 0.667. The van der Waals surface area contributed by atoms with E-state index in [4.69, 9.17) is 4.74 Å². The maximum atomic E-state index is 11.3. The van der Waals surface area contributed by atoms with Gasteiger partial charge in [0.15, 0.2) is 6.61 Å². The second-order valence-corrected chi connectivity index (χ2v) is 7.66. The van der Waals surface area contributed by atoms with Crippen LogP contribution in [-0.2, 0) is 9.53 Å². The predicted octanol–water partition coefficient (Wildman–Crippen LogP) is 5.40. The minimum Gasteiger partial charge on any atom is -0.484 e. The average molecular weight is 364 g/mol. The van der Waals surface area contributed by atoms with Crippen LogP contribution in [0, 0.1) is 0 Å².